The van der Waals surface area contributed by atoms with Gasteiger partial charge in [0.15, 0.2) is 0 Å². The fourth-order valence-corrected chi connectivity index (χ4v) is 2.94. The fraction of sp³-hybridized carbons (Fsp3) is 0.750. The van der Waals surface area contributed by atoms with Gasteiger partial charge in [0.1, 0.15) is 18.1 Å². The average Bonchev–Trinajstić information content (AvgIpc) is 2.69. The Morgan fingerprint density at radius 2 is 1.45 bits per heavy atom. The van der Waals surface area contributed by atoms with Crippen LogP contribution in [-0.4, -0.2) is 76.6 Å². The van der Waals surface area contributed by atoms with Crippen LogP contribution < -0.4 is 33.2 Å². The molecular formula is C20H38N6O7. The zero-order valence-electron chi connectivity index (χ0n) is 19.4. The van der Waals surface area contributed by atoms with Crippen molar-refractivity contribution >= 4 is 29.6 Å². The van der Waals surface area contributed by atoms with E-state index in [2.05, 4.69) is 16.0 Å². The maximum atomic E-state index is 12.7. The third-order valence-corrected chi connectivity index (χ3v) is 4.73. The van der Waals surface area contributed by atoms with E-state index in [1.165, 1.54) is 6.92 Å². The summed E-state index contributed by atoms with van der Waals surface area (Å²) in [6.45, 7) is 5.22. The van der Waals surface area contributed by atoms with Gasteiger partial charge in [-0.3, -0.25) is 19.2 Å². The molecule has 0 aromatic rings. The Hall–Kier alpha value is -2.77. The molecule has 0 aromatic heterocycles. The highest BCUT2D eigenvalue weighted by Gasteiger charge is 2.33. The molecule has 0 aliphatic rings. The van der Waals surface area contributed by atoms with Gasteiger partial charge in [0.25, 0.3) is 0 Å². The maximum absolute atomic E-state index is 12.7. The number of carbonyl (C=O) groups is 5. The van der Waals surface area contributed by atoms with Gasteiger partial charge in [0, 0.05) is 0 Å². The molecule has 0 spiro atoms. The van der Waals surface area contributed by atoms with E-state index in [-0.39, 0.29) is 12.3 Å². The van der Waals surface area contributed by atoms with Crippen LogP contribution in [0.25, 0.3) is 0 Å². The third-order valence-electron chi connectivity index (χ3n) is 4.73. The first-order valence-electron chi connectivity index (χ1n) is 10.9. The van der Waals surface area contributed by atoms with Crippen molar-refractivity contribution < 1.29 is 34.2 Å². The Kier molecular flexibility index (Phi) is 13.9. The van der Waals surface area contributed by atoms with Gasteiger partial charge in [0.05, 0.1) is 18.6 Å². The number of hydrogen-bond acceptors (Lipinski definition) is 8. The van der Waals surface area contributed by atoms with Crippen molar-refractivity contribution in [2.75, 3.05) is 6.54 Å². The number of aliphatic carboxylic acids is 1. The first-order chi connectivity index (χ1) is 15.3. The number of carboxylic acid groups (broad SMARTS) is 1. The van der Waals surface area contributed by atoms with Crippen LogP contribution in [0.5, 0.6) is 0 Å². The minimum atomic E-state index is -1.51. The van der Waals surface area contributed by atoms with Gasteiger partial charge in [-0.15, -0.1) is 0 Å². The van der Waals surface area contributed by atoms with E-state index in [4.69, 9.17) is 17.2 Å². The van der Waals surface area contributed by atoms with Crippen molar-refractivity contribution in [1.82, 2.24) is 16.0 Å². The number of rotatable bonds is 16. The number of unbranched alkanes of at least 4 members (excludes halogenated alkanes) is 1. The van der Waals surface area contributed by atoms with Gasteiger partial charge in [0.2, 0.25) is 23.6 Å². The number of carbonyl (C=O) groups excluding carboxylic acids is 4. The van der Waals surface area contributed by atoms with Crippen LogP contribution in [0.4, 0.5) is 0 Å². The zero-order valence-corrected chi connectivity index (χ0v) is 19.4. The summed E-state index contributed by atoms with van der Waals surface area (Å²) in [5.41, 5.74) is 16.4. The number of primary amides is 1. The molecule has 0 saturated heterocycles. The fourth-order valence-electron chi connectivity index (χ4n) is 2.94. The van der Waals surface area contributed by atoms with Crippen molar-refractivity contribution in [2.45, 2.75) is 83.1 Å². The number of amides is 4. The van der Waals surface area contributed by atoms with Gasteiger partial charge in [-0.1, -0.05) is 20.3 Å². The molecule has 0 aliphatic carbocycles. The van der Waals surface area contributed by atoms with E-state index in [1.807, 2.05) is 0 Å². The molecule has 190 valence electrons. The lowest BCUT2D eigenvalue weighted by molar-refractivity contribution is -0.143. The van der Waals surface area contributed by atoms with Crippen LogP contribution >= 0.6 is 0 Å². The highest BCUT2D eigenvalue weighted by Crippen LogP contribution is 2.07. The number of nitrogens with two attached hydrogens (primary N) is 3. The predicted octanol–water partition coefficient (Wildman–Crippen LogP) is -2.72. The molecular weight excluding hydrogens is 436 g/mol. The van der Waals surface area contributed by atoms with Crippen molar-refractivity contribution in [3.8, 4) is 0 Å². The topological polar surface area (TPSA) is 240 Å². The molecule has 5 atom stereocenters. The lowest BCUT2D eigenvalue weighted by Gasteiger charge is -2.26. The Morgan fingerprint density at radius 3 is 1.91 bits per heavy atom. The van der Waals surface area contributed by atoms with Gasteiger partial charge in [-0.2, -0.15) is 0 Å². The molecule has 0 aromatic carbocycles. The summed E-state index contributed by atoms with van der Waals surface area (Å²) in [4.78, 5) is 60.4. The highest BCUT2D eigenvalue weighted by molar-refractivity contribution is 5.96. The van der Waals surface area contributed by atoms with Gasteiger partial charge >= 0.3 is 5.97 Å². The molecule has 4 amide bonds. The molecule has 11 N–H and O–H groups in total. The van der Waals surface area contributed by atoms with Crippen LogP contribution in [0.1, 0.15) is 52.9 Å². The normalized spacial score (nSPS) is 15.6. The summed E-state index contributed by atoms with van der Waals surface area (Å²) < 4.78 is 0. The molecule has 0 heterocycles. The van der Waals surface area contributed by atoms with Crippen LogP contribution in [-0.2, 0) is 24.0 Å². The molecule has 5 unspecified atom stereocenters. The van der Waals surface area contributed by atoms with Crippen LogP contribution in [0.2, 0.25) is 0 Å². The molecule has 33 heavy (non-hydrogen) atoms. The van der Waals surface area contributed by atoms with E-state index in [1.54, 1.807) is 13.8 Å². The smallest absolute Gasteiger partial charge is 0.326 e. The number of aliphatic hydroxyl groups is 1. The Labute approximate surface area is 193 Å². The lowest BCUT2D eigenvalue weighted by atomic mass is 10.0. The van der Waals surface area contributed by atoms with E-state index >= 15 is 0 Å². The largest absolute Gasteiger partial charge is 0.480 e. The summed E-state index contributed by atoms with van der Waals surface area (Å²) in [6.07, 6.45) is -0.291. The van der Waals surface area contributed by atoms with Crippen molar-refractivity contribution in [1.29, 1.82) is 0 Å². The number of nitrogens with one attached hydrogen (secondary N) is 3. The Bertz CT molecular complexity index is 686. The second-order valence-corrected chi connectivity index (χ2v) is 8.38. The second-order valence-electron chi connectivity index (χ2n) is 8.38. The van der Waals surface area contributed by atoms with Crippen molar-refractivity contribution in [3.05, 3.63) is 0 Å². The van der Waals surface area contributed by atoms with Crippen molar-refractivity contribution in [3.63, 3.8) is 0 Å². The van der Waals surface area contributed by atoms with E-state index < -0.39 is 66.3 Å². The van der Waals surface area contributed by atoms with E-state index in [0.29, 0.717) is 25.8 Å². The Morgan fingerprint density at radius 1 is 0.879 bits per heavy atom. The minimum Gasteiger partial charge on any atom is -0.480 e. The van der Waals surface area contributed by atoms with Crippen LogP contribution in [0.15, 0.2) is 0 Å². The van der Waals surface area contributed by atoms with Gasteiger partial charge < -0.3 is 43.4 Å². The van der Waals surface area contributed by atoms with Gasteiger partial charge in [-0.25, -0.2) is 4.79 Å². The van der Waals surface area contributed by atoms with Gasteiger partial charge in [-0.05, 0) is 38.6 Å². The quantitative estimate of drug-likeness (QED) is 0.108. The summed E-state index contributed by atoms with van der Waals surface area (Å²) >= 11 is 0. The van der Waals surface area contributed by atoms with Crippen LogP contribution in [0.3, 0.4) is 0 Å². The zero-order chi connectivity index (χ0) is 25.7. The monoisotopic (exact) mass is 474 g/mol. The molecule has 0 saturated carbocycles. The SMILES string of the molecule is CC(C)CC(NC(=O)C(CC(N)=O)NC(=O)C(NC(=O)C(N)CCCCN)C(C)O)C(=O)O. The van der Waals surface area contributed by atoms with E-state index in [0.717, 1.165) is 0 Å². The summed E-state index contributed by atoms with van der Waals surface area (Å²) in [6, 6.07) is -5.18. The molecule has 0 fully saturated rings. The van der Waals surface area contributed by atoms with Crippen LogP contribution in [0, 0.1) is 5.92 Å². The molecule has 0 radical (unpaired) electrons. The number of carboxylic acids is 1. The molecule has 13 heteroatoms. The molecule has 0 aliphatic heterocycles. The highest BCUT2D eigenvalue weighted by atomic mass is 16.4. The third kappa shape index (κ3) is 12.2. The Balaban J connectivity index is 5.36. The maximum Gasteiger partial charge on any atom is 0.326 e. The second kappa shape index (κ2) is 15.1. The standard InChI is InChI=1S/C20H38N6O7/c1-10(2)8-14(20(32)33)25-18(30)13(9-15(23)28)24-19(31)16(11(3)27)26-17(29)12(22)6-4-5-7-21/h10-14,16,27H,4-9,21-22H2,1-3H3,(H2,23,28)(H,24,31)(H,25,30)(H,26,29)(H,32,33). The molecule has 0 bridgehead atoms. The minimum absolute atomic E-state index is 0.0560. The lowest BCUT2D eigenvalue weighted by Crippen LogP contribution is -2.60. The molecule has 13 nitrogen and oxygen atoms in total. The average molecular weight is 475 g/mol. The van der Waals surface area contributed by atoms with E-state index in [9.17, 15) is 34.2 Å². The summed E-state index contributed by atoms with van der Waals surface area (Å²) in [5, 5.41) is 26.1. The predicted molar refractivity (Wildman–Crippen MR) is 119 cm³/mol. The number of aliphatic hydroxyl groups excluding tert-OH is 1. The number of hydrogen-bond donors (Lipinski definition) is 8. The summed E-state index contributed by atoms with van der Waals surface area (Å²) in [7, 11) is 0. The first-order valence-corrected chi connectivity index (χ1v) is 10.9. The summed E-state index contributed by atoms with van der Waals surface area (Å²) in [5.74, 6) is -4.86. The molecule has 0 rings (SSSR count). The van der Waals surface area contributed by atoms with Crippen molar-refractivity contribution in [2.24, 2.45) is 23.1 Å². The first kappa shape index (κ1) is 30.2.